The Morgan fingerprint density at radius 3 is 2.06 bits per heavy atom. The smallest absolute Gasteiger partial charge is 0.372 e. The lowest BCUT2D eigenvalue weighted by molar-refractivity contribution is -0.143. The van der Waals surface area contributed by atoms with E-state index in [4.69, 9.17) is 0 Å². The van der Waals surface area contributed by atoms with Crippen LogP contribution in [-0.4, -0.2) is 34.0 Å². The summed E-state index contributed by atoms with van der Waals surface area (Å²) in [6, 6.07) is 11.2. The molecule has 0 saturated carbocycles. The fourth-order valence-electron chi connectivity index (χ4n) is 3.73. The number of rotatable bonds is 4. The van der Waals surface area contributed by atoms with Gasteiger partial charge in [-0.25, -0.2) is 9.07 Å². The molecule has 3 aromatic rings. The zero-order chi connectivity index (χ0) is 22.7. The molecule has 1 amide bonds. The summed E-state index contributed by atoms with van der Waals surface area (Å²) in [4.78, 5) is 14.9. The van der Waals surface area contributed by atoms with Crippen molar-refractivity contribution in [2.45, 2.75) is 31.9 Å². The van der Waals surface area contributed by atoms with Crippen LogP contribution in [0.3, 0.4) is 0 Å². The highest BCUT2D eigenvalue weighted by Gasteiger charge is 2.42. The van der Waals surface area contributed by atoms with Crippen LogP contribution in [0.5, 0.6) is 0 Å². The number of nitrogens with one attached hydrogen (secondary N) is 1. The molecule has 2 heterocycles. The Morgan fingerprint density at radius 2 is 1.47 bits per heavy atom. The van der Waals surface area contributed by atoms with Crippen molar-refractivity contribution in [1.82, 2.24) is 15.0 Å². The first-order valence-corrected chi connectivity index (χ1v) is 10.3. The highest BCUT2D eigenvalue weighted by molar-refractivity contribution is 6.03. The first-order valence-electron chi connectivity index (χ1n) is 10.3. The maximum atomic E-state index is 13.7. The third kappa shape index (κ3) is 4.74. The summed E-state index contributed by atoms with van der Waals surface area (Å²) < 4.78 is 54.8. The van der Waals surface area contributed by atoms with E-state index in [0.29, 0.717) is 10.4 Å². The van der Waals surface area contributed by atoms with Gasteiger partial charge < -0.3 is 10.2 Å². The summed E-state index contributed by atoms with van der Waals surface area (Å²) in [7, 11) is 0. The van der Waals surface area contributed by atoms with Gasteiger partial charge in [0, 0.05) is 24.5 Å². The number of nitrogens with zero attached hydrogens (tertiary/aromatic N) is 4. The van der Waals surface area contributed by atoms with Crippen LogP contribution >= 0.6 is 0 Å². The van der Waals surface area contributed by atoms with Crippen molar-refractivity contribution in [2.24, 2.45) is 0 Å². The number of anilines is 2. The molecular formula is C22H21F4N5O. The minimum atomic E-state index is -4.90. The monoisotopic (exact) mass is 447 g/mol. The zero-order valence-corrected chi connectivity index (χ0v) is 17.1. The van der Waals surface area contributed by atoms with E-state index in [1.165, 1.54) is 12.8 Å². The summed E-state index contributed by atoms with van der Waals surface area (Å²) in [6.45, 7) is 1.90. The van der Waals surface area contributed by atoms with Crippen molar-refractivity contribution in [3.8, 4) is 5.69 Å². The minimum absolute atomic E-state index is 0.0629. The molecule has 2 aromatic carbocycles. The second-order valence-corrected chi connectivity index (χ2v) is 7.57. The van der Waals surface area contributed by atoms with Gasteiger partial charge in [-0.1, -0.05) is 18.1 Å². The van der Waals surface area contributed by atoms with E-state index in [1.54, 1.807) is 12.1 Å². The highest BCUT2D eigenvalue weighted by Crippen LogP contribution is 2.33. The van der Waals surface area contributed by atoms with Gasteiger partial charge in [0.05, 0.1) is 5.69 Å². The third-order valence-electron chi connectivity index (χ3n) is 5.32. The summed E-state index contributed by atoms with van der Waals surface area (Å²) in [6.07, 6.45) is -0.276. The number of aromatic nitrogens is 3. The molecule has 1 N–H and O–H groups in total. The normalized spacial score (nSPS) is 14.8. The Bertz CT molecular complexity index is 1070. The lowest BCUT2D eigenvalue weighted by Gasteiger charge is -2.22. The number of hydrogen-bond donors (Lipinski definition) is 1. The number of halogens is 4. The molecule has 1 fully saturated rings. The SMILES string of the molecule is O=C(Nc1ccc(N2CCCCCC2)cc1)c1nnn(-c2ccc(F)cc2)c1C(F)(F)F. The fourth-order valence-corrected chi connectivity index (χ4v) is 3.73. The molecule has 168 valence electrons. The van der Waals surface area contributed by atoms with E-state index in [0.717, 1.165) is 55.9 Å². The zero-order valence-electron chi connectivity index (χ0n) is 17.1. The van der Waals surface area contributed by atoms with Crippen LogP contribution < -0.4 is 10.2 Å². The van der Waals surface area contributed by atoms with Gasteiger partial charge in [0.1, 0.15) is 5.82 Å². The molecule has 1 aliphatic heterocycles. The van der Waals surface area contributed by atoms with Gasteiger partial charge in [0.25, 0.3) is 5.91 Å². The van der Waals surface area contributed by atoms with Crippen LogP contribution in [-0.2, 0) is 6.18 Å². The van der Waals surface area contributed by atoms with E-state index in [1.807, 2.05) is 12.1 Å². The first kappa shape index (κ1) is 21.8. The average molecular weight is 447 g/mol. The molecule has 0 unspecified atom stereocenters. The van der Waals surface area contributed by atoms with Gasteiger partial charge in [-0.15, -0.1) is 5.10 Å². The summed E-state index contributed by atoms with van der Waals surface area (Å²) in [5.74, 6) is -1.64. The van der Waals surface area contributed by atoms with Crippen molar-refractivity contribution in [3.63, 3.8) is 0 Å². The molecule has 0 radical (unpaired) electrons. The van der Waals surface area contributed by atoms with E-state index in [2.05, 4.69) is 20.5 Å². The molecule has 1 aliphatic rings. The van der Waals surface area contributed by atoms with E-state index < -0.39 is 29.3 Å². The molecule has 0 atom stereocenters. The van der Waals surface area contributed by atoms with E-state index in [-0.39, 0.29) is 5.69 Å². The fraction of sp³-hybridized carbons (Fsp3) is 0.318. The number of alkyl halides is 3. The number of benzene rings is 2. The maximum Gasteiger partial charge on any atom is 0.435 e. The third-order valence-corrected chi connectivity index (χ3v) is 5.32. The van der Waals surface area contributed by atoms with Crippen LogP contribution in [0.2, 0.25) is 0 Å². The van der Waals surface area contributed by atoms with Crippen molar-refractivity contribution >= 4 is 17.3 Å². The Kier molecular flexibility index (Phi) is 6.11. The maximum absolute atomic E-state index is 13.7. The molecule has 1 aromatic heterocycles. The molecule has 4 rings (SSSR count). The molecule has 0 aliphatic carbocycles. The topological polar surface area (TPSA) is 63.1 Å². The van der Waals surface area contributed by atoms with Crippen molar-refractivity contribution < 1.29 is 22.4 Å². The minimum Gasteiger partial charge on any atom is -0.372 e. The first-order chi connectivity index (χ1) is 15.3. The van der Waals surface area contributed by atoms with Gasteiger partial charge >= 0.3 is 6.18 Å². The summed E-state index contributed by atoms with van der Waals surface area (Å²) in [5.41, 5.74) is -0.908. The summed E-state index contributed by atoms with van der Waals surface area (Å²) in [5, 5.41) is 9.40. The van der Waals surface area contributed by atoms with Crippen LogP contribution in [0.25, 0.3) is 5.69 Å². The van der Waals surface area contributed by atoms with Crippen molar-refractivity contribution in [1.29, 1.82) is 0 Å². The van der Waals surface area contributed by atoms with Crippen LogP contribution in [0.15, 0.2) is 48.5 Å². The van der Waals surface area contributed by atoms with Gasteiger partial charge in [0.15, 0.2) is 11.4 Å². The number of carbonyl (C=O) groups is 1. The quantitative estimate of drug-likeness (QED) is 0.568. The van der Waals surface area contributed by atoms with Crippen LogP contribution in [0.4, 0.5) is 28.9 Å². The second-order valence-electron chi connectivity index (χ2n) is 7.57. The molecule has 10 heteroatoms. The van der Waals surface area contributed by atoms with Gasteiger partial charge in [-0.3, -0.25) is 4.79 Å². The van der Waals surface area contributed by atoms with Gasteiger partial charge in [-0.05, 0) is 61.4 Å². The Hall–Kier alpha value is -3.43. The van der Waals surface area contributed by atoms with E-state index in [9.17, 15) is 22.4 Å². The molecule has 6 nitrogen and oxygen atoms in total. The molecule has 1 saturated heterocycles. The second kappa shape index (κ2) is 8.97. The average Bonchev–Trinajstić information content (AvgIpc) is 3.05. The Balaban J connectivity index is 1.56. The highest BCUT2D eigenvalue weighted by atomic mass is 19.4. The predicted molar refractivity (Wildman–Crippen MR) is 111 cm³/mol. The molecular weight excluding hydrogens is 426 g/mol. The lowest BCUT2D eigenvalue weighted by Crippen LogP contribution is -2.24. The standard InChI is InChI=1S/C22H21F4N5O/c23-15-5-9-18(10-6-15)31-20(22(24,25)26)19(28-29-31)21(32)27-16-7-11-17(12-8-16)30-13-3-1-2-4-14-30/h5-12H,1-4,13-14H2,(H,27,32). The molecule has 32 heavy (non-hydrogen) atoms. The van der Waals surface area contributed by atoms with Crippen molar-refractivity contribution in [2.75, 3.05) is 23.3 Å². The van der Waals surface area contributed by atoms with Crippen LogP contribution in [0, 0.1) is 5.82 Å². The van der Waals surface area contributed by atoms with Gasteiger partial charge in [-0.2, -0.15) is 13.2 Å². The Morgan fingerprint density at radius 1 is 0.875 bits per heavy atom. The number of carbonyl (C=O) groups excluding carboxylic acids is 1. The lowest BCUT2D eigenvalue weighted by atomic mass is 10.2. The summed E-state index contributed by atoms with van der Waals surface area (Å²) >= 11 is 0. The molecule has 0 bridgehead atoms. The number of hydrogen-bond acceptors (Lipinski definition) is 4. The largest absolute Gasteiger partial charge is 0.435 e. The predicted octanol–water partition coefficient (Wildman–Crippen LogP) is 5.06. The number of amides is 1. The van der Waals surface area contributed by atoms with Crippen molar-refractivity contribution in [3.05, 3.63) is 65.7 Å². The molecule has 0 spiro atoms. The van der Waals surface area contributed by atoms with E-state index >= 15 is 0 Å². The van der Waals surface area contributed by atoms with Crippen LogP contribution in [0.1, 0.15) is 41.9 Å². The van der Waals surface area contributed by atoms with Gasteiger partial charge in [0.2, 0.25) is 0 Å². The Labute approximate surface area is 181 Å².